The number of rotatable bonds is 12. The van der Waals surface area contributed by atoms with Gasteiger partial charge in [-0.05, 0) is 43.2 Å². The Morgan fingerprint density at radius 3 is 2.38 bits per heavy atom. The van der Waals surface area contributed by atoms with Crippen molar-refractivity contribution in [1.82, 2.24) is 20.5 Å². The highest BCUT2D eigenvalue weighted by Gasteiger charge is 2.48. The predicted molar refractivity (Wildman–Crippen MR) is 134 cm³/mol. The number of ether oxygens (including phenoxy) is 1. The minimum atomic E-state index is -0.561. The number of unbranched alkanes of at least 4 members (excludes halogenated alkanes) is 7. The summed E-state index contributed by atoms with van der Waals surface area (Å²) in [6.45, 7) is 4.81. The SMILES string of the molecule is CCCCCCCCCCN1C(N/N=C(/C)c2ccc(OC)cc2)=NC2C1C(=O)NC(=O)N2C. The molecule has 0 spiro atoms. The molecule has 1 aromatic rings. The Bertz CT molecular complexity index is 898. The monoisotopic (exact) mass is 470 g/mol. The highest BCUT2D eigenvalue weighted by Crippen LogP contribution is 2.24. The number of hydrogen-bond donors (Lipinski definition) is 2. The lowest BCUT2D eigenvalue weighted by molar-refractivity contribution is -0.127. The average Bonchev–Trinajstić information content (AvgIpc) is 3.21. The molecule has 2 N–H and O–H groups in total. The number of nitrogens with zero attached hydrogens (tertiary/aromatic N) is 4. The largest absolute Gasteiger partial charge is 0.497 e. The number of imide groups is 1. The summed E-state index contributed by atoms with van der Waals surface area (Å²) in [5.74, 6) is 0.982. The lowest BCUT2D eigenvalue weighted by Crippen LogP contribution is -2.64. The second-order valence-electron chi connectivity index (χ2n) is 8.92. The van der Waals surface area contributed by atoms with Crippen LogP contribution in [0.25, 0.3) is 0 Å². The maximum absolute atomic E-state index is 12.7. The van der Waals surface area contributed by atoms with E-state index in [1.165, 1.54) is 43.4 Å². The van der Waals surface area contributed by atoms with E-state index in [-0.39, 0.29) is 5.91 Å². The first kappa shape index (κ1) is 25.5. The van der Waals surface area contributed by atoms with Crippen molar-refractivity contribution in [2.75, 3.05) is 20.7 Å². The van der Waals surface area contributed by atoms with Gasteiger partial charge in [0.05, 0.1) is 12.8 Å². The third-order valence-corrected chi connectivity index (χ3v) is 6.44. The zero-order valence-corrected chi connectivity index (χ0v) is 20.8. The van der Waals surface area contributed by atoms with E-state index in [1.54, 1.807) is 14.2 Å². The number of amides is 3. The zero-order valence-electron chi connectivity index (χ0n) is 20.8. The third kappa shape index (κ3) is 6.27. The van der Waals surface area contributed by atoms with Gasteiger partial charge in [0, 0.05) is 13.6 Å². The fraction of sp³-hybridized carbons (Fsp3) is 0.600. The number of guanidine groups is 1. The molecule has 9 nitrogen and oxygen atoms in total. The number of likely N-dealkylation sites (N-methyl/N-ethyl adjacent to an activating group) is 1. The molecule has 0 saturated carbocycles. The van der Waals surface area contributed by atoms with E-state index in [2.05, 4.69) is 27.8 Å². The van der Waals surface area contributed by atoms with Gasteiger partial charge in [0.1, 0.15) is 5.75 Å². The zero-order chi connectivity index (χ0) is 24.5. The van der Waals surface area contributed by atoms with Crippen LogP contribution in [0.5, 0.6) is 5.75 Å². The second kappa shape index (κ2) is 12.4. The van der Waals surface area contributed by atoms with Crippen molar-refractivity contribution >= 4 is 23.6 Å². The molecule has 186 valence electrons. The van der Waals surface area contributed by atoms with Gasteiger partial charge in [-0.1, -0.05) is 51.9 Å². The molecule has 9 heteroatoms. The van der Waals surface area contributed by atoms with Gasteiger partial charge in [0.2, 0.25) is 5.96 Å². The van der Waals surface area contributed by atoms with Crippen LogP contribution in [-0.2, 0) is 4.79 Å². The smallest absolute Gasteiger partial charge is 0.325 e. The molecule has 1 saturated heterocycles. The number of nitrogens with one attached hydrogen (secondary N) is 2. The van der Waals surface area contributed by atoms with Crippen molar-refractivity contribution < 1.29 is 14.3 Å². The maximum Gasteiger partial charge on any atom is 0.325 e. The number of fused-ring (bicyclic) bond motifs is 1. The van der Waals surface area contributed by atoms with Crippen LogP contribution in [0.1, 0.15) is 70.8 Å². The molecule has 3 amide bonds. The Morgan fingerprint density at radius 1 is 1.09 bits per heavy atom. The van der Waals surface area contributed by atoms with Gasteiger partial charge in [-0.3, -0.25) is 10.1 Å². The van der Waals surface area contributed by atoms with Crippen molar-refractivity contribution in [3.05, 3.63) is 29.8 Å². The Kier molecular flexibility index (Phi) is 9.30. The quantitative estimate of drug-likeness (QED) is 0.276. The summed E-state index contributed by atoms with van der Waals surface area (Å²) in [5, 5.41) is 6.95. The third-order valence-electron chi connectivity index (χ3n) is 6.44. The number of benzene rings is 1. The number of carbonyl (C=O) groups excluding carboxylic acids is 2. The van der Waals surface area contributed by atoms with Gasteiger partial charge in [-0.25, -0.2) is 15.2 Å². The number of carbonyl (C=O) groups is 2. The number of methoxy groups -OCH3 is 1. The van der Waals surface area contributed by atoms with Crippen LogP contribution < -0.4 is 15.5 Å². The van der Waals surface area contributed by atoms with Crippen LogP contribution >= 0.6 is 0 Å². The van der Waals surface area contributed by atoms with Crippen LogP contribution in [0.15, 0.2) is 34.4 Å². The maximum atomic E-state index is 12.7. The minimum Gasteiger partial charge on any atom is -0.497 e. The molecule has 2 aliphatic rings. The Balaban J connectivity index is 1.65. The molecular formula is C25H38N6O3. The molecule has 0 aromatic heterocycles. The molecule has 1 aromatic carbocycles. The standard InChI is InChI=1S/C25H38N6O3/c1-5-6-7-8-9-10-11-12-17-31-21-22(30(3)25(33)27-23(21)32)26-24(31)29-28-18(2)19-13-15-20(34-4)16-14-19/h13-16,21-22H,5-12,17H2,1-4H3,(H,26,29)(H,27,32,33)/b28-18-. The molecule has 0 radical (unpaired) electrons. The highest BCUT2D eigenvalue weighted by atomic mass is 16.5. The summed E-state index contributed by atoms with van der Waals surface area (Å²) in [6, 6.07) is 6.67. The summed E-state index contributed by atoms with van der Waals surface area (Å²) >= 11 is 0. The Morgan fingerprint density at radius 2 is 1.74 bits per heavy atom. The summed E-state index contributed by atoms with van der Waals surface area (Å²) in [4.78, 5) is 32.9. The summed E-state index contributed by atoms with van der Waals surface area (Å²) in [7, 11) is 3.29. The molecule has 2 unspecified atom stereocenters. The summed E-state index contributed by atoms with van der Waals surface area (Å²) in [5.41, 5.74) is 4.79. The molecule has 0 bridgehead atoms. The highest BCUT2D eigenvalue weighted by molar-refractivity contribution is 6.04. The topological polar surface area (TPSA) is 98.6 Å². The summed E-state index contributed by atoms with van der Waals surface area (Å²) in [6.07, 6.45) is 9.06. The predicted octanol–water partition coefficient (Wildman–Crippen LogP) is 3.70. The van der Waals surface area contributed by atoms with Crippen molar-refractivity contribution in [2.45, 2.75) is 77.4 Å². The van der Waals surface area contributed by atoms with Crippen molar-refractivity contribution in [2.24, 2.45) is 10.1 Å². The van der Waals surface area contributed by atoms with E-state index in [0.717, 1.165) is 29.9 Å². The molecule has 2 atom stereocenters. The van der Waals surface area contributed by atoms with E-state index >= 15 is 0 Å². The number of hydrogen-bond acceptors (Lipinski definition) is 7. The fourth-order valence-corrected chi connectivity index (χ4v) is 4.31. The van der Waals surface area contributed by atoms with E-state index in [0.29, 0.717) is 12.5 Å². The second-order valence-corrected chi connectivity index (χ2v) is 8.92. The van der Waals surface area contributed by atoms with Gasteiger partial charge < -0.3 is 14.5 Å². The van der Waals surface area contributed by atoms with Gasteiger partial charge in [0.15, 0.2) is 12.2 Å². The van der Waals surface area contributed by atoms with Crippen LogP contribution in [-0.4, -0.2) is 66.3 Å². The lowest BCUT2D eigenvalue weighted by atomic mass is 10.1. The van der Waals surface area contributed by atoms with E-state index < -0.39 is 18.2 Å². The lowest BCUT2D eigenvalue weighted by Gasteiger charge is -2.36. The average molecular weight is 471 g/mol. The molecule has 1 fully saturated rings. The van der Waals surface area contributed by atoms with E-state index in [4.69, 9.17) is 4.74 Å². The number of urea groups is 1. The van der Waals surface area contributed by atoms with Gasteiger partial charge >= 0.3 is 6.03 Å². The van der Waals surface area contributed by atoms with Crippen molar-refractivity contribution in [1.29, 1.82) is 0 Å². The van der Waals surface area contributed by atoms with Crippen LogP contribution in [0.4, 0.5) is 4.79 Å². The minimum absolute atomic E-state index is 0.316. The molecule has 0 aliphatic carbocycles. The first-order valence-electron chi connectivity index (χ1n) is 12.3. The van der Waals surface area contributed by atoms with Gasteiger partial charge in [-0.2, -0.15) is 5.10 Å². The fourth-order valence-electron chi connectivity index (χ4n) is 4.31. The Hall–Kier alpha value is -3.10. The number of hydrazone groups is 1. The van der Waals surface area contributed by atoms with Crippen LogP contribution in [0.2, 0.25) is 0 Å². The number of aliphatic imine (C=N–C) groups is 1. The first-order chi connectivity index (χ1) is 16.5. The summed E-state index contributed by atoms with van der Waals surface area (Å²) < 4.78 is 5.22. The van der Waals surface area contributed by atoms with Crippen molar-refractivity contribution in [3.8, 4) is 5.75 Å². The molecule has 3 rings (SSSR count). The van der Waals surface area contributed by atoms with Crippen molar-refractivity contribution in [3.63, 3.8) is 0 Å². The molecule has 2 aliphatic heterocycles. The van der Waals surface area contributed by atoms with Gasteiger partial charge in [0.25, 0.3) is 5.91 Å². The normalized spacial score (nSPS) is 20.2. The molecule has 2 heterocycles. The van der Waals surface area contributed by atoms with Crippen LogP contribution in [0.3, 0.4) is 0 Å². The molecule has 34 heavy (non-hydrogen) atoms. The first-order valence-corrected chi connectivity index (χ1v) is 12.3. The van der Waals surface area contributed by atoms with Crippen LogP contribution in [0, 0.1) is 0 Å². The van der Waals surface area contributed by atoms with E-state index in [1.807, 2.05) is 36.1 Å². The van der Waals surface area contributed by atoms with Gasteiger partial charge in [-0.15, -0.1) is 0 Å². The Labute approximate surface area is 202 Å². The van der Waals surface area contributed by atoms with E-state index in [9.17, 15) is 9.59 Å². The molecular weight excluding hydrogens is 432 g/mol.